The van der Waals surface area contributed by atoms with Crippen LogP contribution in [-0.2, 0) is 9.59 Å². The van der Waals surface area contributed by atoms with E-state index in [9.17, 15) is 14.7 Å². The minimum absolute atomic E-state index is 0.0383. The number of ether oxygens (including phenoxy) is 1. The number of likely N-dealkylation sites (N-methyl/N-ethyl adjacent to an activating group) is 1. The van der Waals surface area contributed by atoms with Gasteiger partial charge in [0.2, 0.25) is 0 Å². The summed E-state index contributed by atoms with van der Waals surface area (Å²) in [7, 11) is 1.93. The number of fused-ring (bicyclic) bond motifs is 1. The van der Waals surface area contributed by atoms with Gasteiger partial charge in [-0.3, -0.25) is 14.5 Å². The Morgan fingerprint density at radius 1 is 1.12 bits per heavy atom. The van der Waals surface area contributed by atoms with Crippen LogP contribution in [-0.4, -0.2) is 37.0 Å². The summed E-state index contributed by atoms with van der Waals surface area (Å²) in [5, 5.41) is 11.8. The molecule has 7 nitrogen and oxygen atoms in total. The third kappa shape index (κ3) is 3.45. The van der Waals surface area contributed by atoms with E-state index in [4.69, 9.17) is 20.8 Å². The van der Waals surface area contributed by atoms with Crippen molar-refractivity contribution in [3.8, 4) is 5.75 Å². The van der Waals surface area contributed by atoms with E-state index in [0.29, 0.717) is 46.5 Å². The van der Waals surface area contributed by atoms with Crippen LogP contribution in [0.3, 0.4) is 0 Å². The van der Waals surface area contributed by atoms with Gasteiger partial charge >= 0.3 is 0 Å². The van der Waals surface area contributed by atoms with Crippen molar-refractivity contribution >= 4 is 40.4 Å². The highest BCUT2D eigenvalue weighted by Gasteiger charge is 2.48. The molecule has 0 radical (unpaired) electrons. The monoisotopic (exact) mass is 464 g/mol. The summed E-state index contributed by atoms with van der Waals surface area (Å²) < 4.78 is 11.3. The van der Waals surface area contributed by atoms with Gasteiger partial charge in [-0.1, -0.05) is 11.6 Å². The summed E-state index contributed by atoms with van der Waals surface area (Å²) in [6.07, 6.45) is 1.47. The molecule has 1 amide bonds. The van der Waals surface area contributed by atoms with E-state index in [0.717, 1.165) is 5.69 Å². The lowest BCUT2D eigenvalue weighted by atomic mass is 9.98. The standard InChI is InChI=1S/C25H21ClN2O5/c1-14-12-16(26)6-7-17(14)28-22(20-4-3-10-32-20)21(24(30)25(28)31)23(29)15-5-8-19-18(13-15)27(2)9-11-33-19/h3-8,10,12-13,22,29H,9,11H2,1-2H3/b23-21-. The number of furan rings is 1. The Kier molecular flexibility index (Phi) is 5.13. The Labute approximate surface area is 195 Å². The summed E-state index contributed by atoms with van der Waals surface area (Å²) in [6.45, 7) is 3.07. The van der Waals surface area contributed by atoms with Crippen LogP contribution in [0.1, 0.15) is 22.9 Å². The summed E-state index contributed by atoms with van der Waals surface area (Å²) in [5.74, 6) is -0.748. The number of carbonyl (C=O) groups excluding carboxylic acids is 2. The van der Waals surface area contributed by atoms with E-state index in [2.05, 4.69) is 0 Å². The molecule has 1 saturated heterocycles. The highest BCUT2D eigenvalue weighted by atomic mass is 35.5. The van der Waals surface area contributed by atoms with Gasteiger partial charge in [-0.05, 0) is 61.0 Å². The zero-order chi connectivity index (χ0) is 23.3. The molecule has 0 saturated carbocycles. The fourth-order valence-corrected chi connectivity index (χ4v) is 4.57. The van der Waals surface area contributed by atoms with E-state index >= 15 is 0 Å². The largest absolute Gasteiger partial charge is 0.507 e. The van der Waals surface area contributed by atoms with Gasteiger partial charge in [0.1, 0.15) is 29.9 Å². The number of amides is 1. The molecule has 2 aliphatic heterocycles. The minimum Gasteiger partial charge on any atom is -0.507 e. The van der Waals surface area contributed by atoms with Crippen LogP contribution in [0.4, 0.5) is 11.4 Å². The van der Waals surface area contributed by atoms with E-state index in [-0.39, 0.29) is 11.3 Å². The van der Waals surface area contributed by atoms with Crippen LogP contribution in [0.15, 0.2) is 64.8 Å². The Balaban J connectivity index is 1.69. The molecular weight excluding hydrogens is 444 g/mol. The number of anilines is 2. The molecule has 1 unspecified atom stereocenters. The van der Waals surface area contributed by atoms with Gasteiger partial charge < -0.3 is 19.2 Å². The summed E-state index contributed by atoms with van der Waals surface area (Å²) >= 11 is 6.10. The molecular formula is C25H21ClN2O5. The van der Waals surface area contributed by atoms with E-state index in [1.54, 1.807) is 55.5 Å². The van der Waals surface area contributed by atoms with Crippen molar-refractivity contribution in [2.24, 2.45) is 0 Å². The van der Waals surface area contributed by atoms with Crippen molar-refractivity contribution in [2.75, 3.05) is 30.0 Å². The second kappa shape index (κ2) is 8.01. The number of aliphatic hydroxyl groups is 1. The number of hydrogen-bond donors (Lipinski definition) is 1. The number of nitrogens with zero attached hydrogens (tertiary/aromatic N) is 2. The minimum atomic E-state index is -0.926. The first-order valence-corrected chi connectivity index (χ1v) is 10.8. The van der Waals surface area contributed by atoms with Crippen molar-refractivity contribution in [1.82, 2.24) is 0 Å². The number of carbonyl (C=O) groups is 2. The van der Waals surface area contributed by atoms with Gasteiger partial charge in [0.15, 0.2) is 0 Å². The number of Topliss-reactive ketones (excluding diaryl/α,β-unsaturated/α-hetero) is 1. The highest BCUT2D eigenvalue weighted by Crippen LogP contribution is 2.44. The topological polar surface area (TPSA) is 83.2 Å². The Morgan fingerprint density at radius 2 is 1.94 bits per heavy atom. The lowest BCUT2D eigenvalue weighted by Crippen LogP contribution is -2.29. The maximum Gasteiger partial charge on any atom is 0.300 e. The zero-order valence-corrected chi connectivity index (χ0v) is 18.8. The van der Waals surface area contributed by atoms with E-state index < -0.39 is 17.7 Å². The average molecular weight is 465 g/mol. The first kappa shape index (κ1) is 21.2. The van der Waals surface area contributed by atoms with Gasteiger partial charge in [-0.25, -0.2) is 0 Å². The van der Waals surface area contributed by atoms with Crippen molar-refractivity contribution < 1.29 is 23.8 Å². The summed E-state index contributed by atoms with van der Waals surface area (Å²) in [6, 6.07) is 12.7. The van der Waals surface area contributed by atoms with Crippen LogP contribution in [0, 0.1) is 6.92 Å². The van der Waals surface area contributed by atoms with Gasteiger partial charge in [-0.15, -0.1) is 0 Å². The molecule has 3 heterocycles. The molecule has 1 N–H and O–H groups in total. The van der Waals surface area contributed by atoms with Crippen molar-refractivity contribution in [3.63, 3.8) is 0 Å². The van der Waals surface area contributed by atoms with E-state index in [1.165, 1.54) is 11.2 Å². The molecule has 0 aliphatic carbocycles. The van der Waals surface area contributed by atoms with Gasteiger partial charge in [0, 0.05) is 23.3 Å². The Hall–Kier alpha value is -3.71. The molecule has 8 heteroatoms. The fourth-order valence-electron chi connectivity index (χ4n) is 4.34. The van der Waals surface area contributed by atoms with Crippen LogP contribution in [0.2, 0.25) is 5.02 Å². The Bertz CT molecular complexity index is 1300. The molecule has 33 heavy (non-hydrogen) atoms. The molecule has 1 fully saturated rings. The fraction of sp³-hybridized carbons (Fsp3) is 0.200. The van der Waals surface area contributed by atoms with Crippen LogP contribution < -0.4 is 14.5 Å². The van der Waals surface area contributed by atoms with Crippen molar-refractivity contribution in [1.29, 1.82) is 0 Å². The molecule has 0 spiro atoms. The number of rotatable bonds is 3. The number of hydrogen-bond acceptors (Lipinski definition) is 6. The van der Waals surface area contributed by atoms with Crippen LogP contribution in [0.5, 0.6) is 5.75 Å². The maximum atomic E-state index is 13.2. The van der Waals surface area contributed by atoms with Crippen LogP contribution >= 0.6 is 11.6 Å². The second-order valence-electron chi connectivity index (χ2n) is 8.07. The number of aryl methyl sites for hydroxylation is 1. The number of ketones is 1. The smallest absolute Gasteiger partial charge is 0.300 e. The van der Waals surface area contributed by atoms with E-state index in [1.807, 2.05) is 11.9 Å². The molecule has 2 aromatic carbocycles. The SMILES string of the molecule is Cc1cc(Cl)ccc1N1C(=O)C(=O)/C(=C(\O)c2ccc3c(c2)N(C)CCO3)C1c1ccco1. The normalized spacial score (nSPS) is 19.5. The maximum absolute atomic E-state index is 13.2. The third-order valence-electron chi connectivity index (χ3n) is 6.00. The predicted molar refractivity (Wildman–Crippen MR) is 125 cm³/mol. The zero-order valence-electron chi connectivity index (χ0n) is 18.0. The Morgan fingerprint density at radius 3 is 2.67 bits per heavy atom. The van der Waals surface area contributed by atoms with Crippen molar-refractivity contribution in [3.05, 3.63) is 82.3 Å². The summed E-state index contributed by atoms with van der Waals surface area (Å²) in [4.78, 5) is 29.8. The van der Waals surface area contributed by atoms with Gasteiger partial charge in [0.25, 0.3) is 11.7 Å². The quantitative estimate of drug-likeness (QED) is 0.344. The molecule has 0 bridgehead atoms. The average Bonchev–Trinajstić information content (AvgIpc) is 3.41. The lowest BCUT2D eigenvalue weighted by Gasteiger charge is -2.28. The number of halogens is 1. The molecule has 168 valence electrons. The number of aliphatic hydroxyl groups excluding tert-OH is 1. The lowest BCUT2D eigenvalue weighted by molar-refractivity contribution is -0.132. The molecule has 1 aromatic heterocycles. The molecule has 3 aromatic rings. The first-order chi connectivity index (χ1) is 15.9. The molecule has 5 rings (SSSR count). The molecule has 2 aliphatic rings. The highest BCUT2D eigenvalue weighted by molar-refractivity contribution is 6.51. The van der Waals surface area contributed by atoms with Crippen LogP contribution in [0.25, 0.3) is 5.76 Å². The predicted octanol–water partition coefficient (Wildman–Crippen LogP) is 4.70. The van der Waals surface area contributed by atoms with Crippen molar-refractivity contribution in [2.45, 2.75) is 13.0 Å². The summed E-state index contributed by atoms with van der Waals surface area (Å²) in [5.41, 5.74) is 2.40. The number of benzene rings is 2. The third-order valence-corrected chi connectivity index (χ3v) is 6.24. The second-order valence-corrected chi connectivity index (χ2v) is 8.50. The molecule has 1 atom stereocenters. The van der Waals surface area contributed by atoms with Gasteiger partial charge in [0.05, 0.1) is 24.1 Å². The van der Waals surface area contributed by atoms with Gasteiger partial charge in [-0.2, -0.15) is 0 Å². The first-order valence-electron chi connectivity index (χ1n) is 10.5.